The van der Waals surface area contributed by atoms with Gasteiger partial charge in [-0.1, -0.05) is 53.7 Å². The second kappa shape index (κ2) is 10.3. The number of benzene rings is 2. The third-order valence-corrected chi connectivity index (χ3v) is 5.17. The number of hydrogen-bond acceptors (Lipinski definition) is 5. The largest absolute Gasteiger partial charge is 0.377 e. The van der Waals surface area contributed by atoms with Crippen molar-refractivity contribution in [2.24, 2.45) is 0 Å². The monoisotopic (exact) mass is 416 g/mol. The third-order valence-electron chi connectivity index (χ3n) is 3.99. The first-order valence-electron chi connectivity index (χ1n) is 8.87. The molecule has 3 aromatic rings. The Morgan fingerprint density at radius 1 is 1.21 bits per heavy atom. The van der Waals surface area contributed by atoms with Crippen LogP contribution in [0.15, 0.2) is 60.0 Å². The van der Waals surface area contributed by atoms with Crippen LogP contribution in [0.5, 0.6) is 0 Å². The van der Waals surface area contributed by atoms with Gasteiger partial charge in [-0.25, -0.2) is 0 Å². The Kier molecular flexibility index (Phi) is 7.47. The average molecular weight is 417 g/mol. The highest BCUT2D eigenvalue weighted by atomic mass is 35.5. The van der Waals surface area contributed by atoms with Crippen LogP contribution in [0.25, 0.3) is 5.69 Å². The van der Waals surface area contributed by atoms with Gasteiger partial charge in [0, 0.05) is 18.2 Å². The van der Waals surface area contributed by atoms with Crippen LogP contribution in [0.4, 0.5) is 0 Å². The predicted molar refractivity (Wildman–Crippen MR) is 111 cm³/mol. The molecule has 0 bridgehead atoms. The number of carbonyl (C=O) groups is 1. The zero-order valence-electron chi connectivity index (χ0n) is 15.5. The number of amides is 1. The highest BCUT2D eigenvalue weighted by Gasteiger charge is 2.11. The molecule has 146 valence electrons. The highest BCUT2D eigenvalue weighted by molar-refractivity contribution is 7.99. The molecular formula is C20H21ClN4O2S. The van der Waals surface area contributed by atoms with Crippen molar-refractivity contribution in [2.75, 3.05) is 12.4 Å². The number of carbonyl (C=O) groups excluding carboxylic acids is 1. The summed E-state index contributed by atoms with van der Waals surface area (Å²) in [6.45, 7) is 3.62. The van der Waals surface area contributed by atoms with Crippen LogP contribution >= 0.6 is 23.4 Å². The van der Waals surface area contributed by atoms with E-state index in [0.29, 0.717) is 29.9 Å². The van der Waals surface area contributed by atoms with E-state index in [1.807, 2.05) is 49.4 Å². The first-order chi connectivity index (χ1) is 13.7. The normalized spacial score (nSPS) is 10.8. The van der Waals surface area contributed by atoms with Gasteiger partial charge in [0.05, 0.1) is 18.0 Å². The summed E-state index contributed by atoms with van der Waals surface area (Å²) in [5, 5.41) is 12.3. The summed E-state index contributed by atoms with van der Waals surface area (Å²) in [6.07, 6.45) is 1.61. The number of nitrogens with zero attached hydrogens (tertiary/aromatic N) is 3. The molecule has 1 aromatic heterocycles. The molecule has 1 N–H and O–H groups in total. The SMILES string of the molecule is CCOCc1ccccc1CNC(=O)CSc1nncn1-c1cccc(Cl)c1. The Bertz CT molecular complexity index is 932. The average Bonchev–Trinajstić information content (AvgIpc) is 3.18. The summed E-state index contributed by atoms with van der Waals surface area (Å²) >= 11 is 7.38. The summed E-state index contributed by atoms with van der Waals surface area (Å²) in [7, 11) is 0. The van der Waals surface area contributed by atoms with Gasteiger partial charge in [0.15, 0.2) is 5.16 Å². The lowest BCUT2D eigenvalue weighted by Crippen LogP contribution is -2.25. The molecule has 0 atom stereocenters. The van der Waals surface area contributed by atoms with Crippen LogP contribution in [0.3, 0.4) is 0 Å². The number of aromatic nitrogens is 3. The molecule has 0 saturated carbocycles. The molecule has 6 nitrogen and oxygen atoms in total. The molecule has 0 unspecified atom stereocenters. The quantitative estimate of drug-likeness (QED) is 0.536. The minimum Gasteiger partial charge on any atom is -0.377 e. The molecule has 1 amide bonds. The first kappa shape index (κ1) is 20.4. The number of rotatable bonds is 9. The maximum absolute atomic E-state index is 12.3. The molecule has 0 aliphatic rings. The maximum atomic E-state index is 12.3. The number of nitrogens with one attached hydrogen (secondary N) is 1. The minimum atomic E-state index is -0.0724. The molecule has 8 heteroatoms. The minimum absolute atomic E-state index is 0.0724. The summed E-state index contributed by atoms with van der Waals surface area (Å²) in [5.41, 5.74) is 2.99. The van der Waals surface area contributed by atoms with Crippen LogP contribution in [0.1, 0.15) is 18.1 Å². The zero-order chi connectivity index (χ0) is 19.8. The van der Waals surface area contributed by atoms with E-state index in [1.54, 1.807) is 17.0 Å². The highest BCUT2D eigenvalue weighted by Crippen LogP contribution is 2.21. The molecule has 1 heterocycles. The molecule has 0 fully saturated rings. The summed E-state index contributed by atoms with van der Waals surface area (Å²) in [5.74, 6) is 0.171. The van der Waals surface area contributed by atoms with E-state index in [9.17, 15) is 4.79 Å². The summed E-state index contributed by atoms with van der Waals surface area (Å²) in [4.78, 5) is 12.3. The Labute approximate surface area is 173 Å². The van der Waals surface area contributed by atoms with Crippen molar-refractivity contribution in [1.29, 1.82) is 0 Å². The van der Waals surface area contributed by atoms with Crippen molar-refractivity contribution in [3.05, 3.63) is 71.0 Å². The van der Waals surface area contributed by atoms with Gasteiger partial charge in [-0.2, -0.15) is 0 Å². The molecule has 0 saturated heterocycles. The second-order valence-electron chi connectivity index (χ2n) is 5.93. The lowest BCUT2D eigenvalue weighted by atomic mass is 10.1. The predicted octanol–water partition coefficient (Wildman–Crippen LogP) is 3.87. The van der Waals surface area contributed by atoms with Crippen LogP contribution in [-0.4, -0.2) is 33.0 Å². The van der Waals surface area contributed by atoms with Gasteiger partial charge < -0.3 is 10.1 Å². The van der Waals surface area contributed by atoms with Crippen molar-refractivity contribution in [1.82, 2.24) is 20.1 Å². The Balaban J connectivity index is 1.56. The fraction of sp³-hybridized carbons (Fsp3) is 0.250. The second-order valence-corrected chi connectivity index (χ2v) is 7.31. The van der Waals surface area contributed by atoms with Crippen molar-refractivity contribution in [2.45, 2.75) is 25.2 Å². The van der Waals surface area contributed by atoms with Crippen molar-refractivity contribution in [3.63, 3.8) is 0 Å². The van der Waals surface area contributed by atoms with Gasteiger partial charge in [0.1, 0.15) is 6.33 Å². The molecule has 0 spiro atoms. The van der Waals surface area contributed by atoms with Gasteiger partial charge in [-0.15, -0.1) is 10.2 Å². The van der Waals surface area contributed by atoms with Crippen molar-refractivity contribution >= 4 is 29.3 Å². The van der Waals surface area contributed by atoms with Gasteiger partial charge in [0.25, 0.3) is 0 Å². The van der Waals surface area contributed by atoms with E-state index in [1.165, 1.54) is 11.8 Å². The lowest BCUT2D eigenvalue weighted by Gasteiger charge is -2.11. The number of hydrogen-bond donors (Lipinski definition) is 1. The van der Waals surface area contributed by atoms with Crippen LogP contribution in [0.2, 0.25) is 5.02 Å². The zero-order valence-corrected chi connectivity index (χ0v) is 17.0. The smallest absolute Gasteiger partial charge is 0.230 e. The topological polar surface area (TPSA) is 69.0 Å². The third kappa shape index (κ3) is 5.58. The maximum Gasteiger partial charge on any atom is 0.230 e. The molecule has 0 aliphatic heterocycles. The standard InChI is InChI=1S/C20H21ClN4O2S/c1-2-27-12-16-7-4-3-6-15(16)11-22-19(26)13-28-20-24-23-14-25(20)18-9-5-8-17(21)10-18/h3-10,14H,2,11-13H2,1H3,(H,22,26). The van der Waals surface area contributed by atoms with Crippen LogP contribution in [0, 0.1) is 0 Å². The molecule has 0 radical (unpaired) electrons. The van der Waals surface area contributed by atoms with Crippen molar-refractivity contribution in [3.8, 4) is 5.69 Å². The molecule has 2 aromatic carbocycles. The Morgan fingerprint density at radius 2 is 2.04 bits per heavy atom. The number of ether oxygens (including phenoxy) is 1. The van der Waals surface area contributed by atoms with E-state index >= 15 is 0 Å². The van der Waals surface area contributed by atoms with Crippen LogP contribution in [-0.2, 0) is 22.7 Å². The molecule has 0 aliphatic carbocycles. The lowest BCUT2D eigenvalue weighted by molar-refractivity contribution is -0.118. The first-order valence-corrected chi connectivity index (χ1v) is 10.2. The van der Waals surface area contributed by atoms with Crippen molar-refractivity contribution < 1.29 is 9.53 Å². The van der Waals surface area contributed by atoms with Gasteiger partial charge in [0.2, 0.25) is 5.91 Å². The van der Waals surface area contributed by atoms with E-state index in [0.717, 1.165) is 16.8 Å². The van der Waals surface area contributed by atoms with E-state index in [-0.39, 0.29) is 11.7 Å². The Hall–Kier alpha value is -2.35. The van der Waals surface area contributed by atoms with E-state index in [2.05, 4.69) is 15.5 Å². The van der Waals surface area contributed by atoms with E-state index in [4.69, 9.17) is 16.3 Å². The van der Waals surface area contributed by atoms with Crippen LogP contribution < -0.4 is 5.32 Å². The summed E-state index contributed by atoms with van der Waals surface area (Å²) < 4.78 is 7.29. The number of halogens is 1. The molecular weight excluding hydrogens is 396 g/mol. The number of thioether (sulfide) groups is 1. The van der Waals surface area contributed by atoms with Gasteiger partial charge in [-0.05, 0) is 36.2 Å². The van der Waals surface area contributed by atoms with E-state index < -0.39 is 0 Å². The fourth-order valence-electron chi connectivity index (χ4n) is 2.58. The fourth-order valence-corrected chi connectivity index (χ4v) is 3.53. The Morgan fingerprint density at radius 3 is 2.82 bits per heavy atom. The van der Waals surface area contributed by atoms with Gasteiger partial charge >= 0.3 is 0 Å². The van der Waals surface area contributed by atoms with Gasteiger partial charge in [-0.3, -0.25) is 9.36 Å². The molecule has 28 heavy (non-hydrogen) atoms. The summed E-state index contributed by atoms with van der Waals surface area (Å²) in [6, 6.07) is 15.3. The molecule has 3 rings (SSSR count).